The molecule has 0 aliphatic heterocycles. The number of hydrogen-bond donors (Lipinski definition) is 2. The first-order chi connectivity index (χ1) is 9.45. The van der Waals surface area contributed by atoms with Crippen LogP contribution in [0.4, 0.5) is 5.69 Å². The zero-order chi connectivity index (χ0) is 14.8. The molecule has 0 radical (unpaired) electrons. The number of carboxylic acid groups (broad SMARTS) is 1. The summed E-state index contributed by atoms with van der Waals surface area (Å²) in [6.45, 7) is 5.59. The molecule has 2 aromatic carbocycles. The molecule has 3 nitrogen and oxygen atoms in total. The summed E-state index contributed by atoms with van der Waals surface area (Å²) in [6.07, 6.45) is 0. The molecule has 3 heteroatoms. The van der Waals surface area contributed by atoms with Gasteiger partial charge in [0.2, 0.25) is 0 Å². The van der Waals surface area contributed by atoms with E-state index in [0.717, 1.165) is 22.4 Å². The quantitative estimate of drug-likeness (QED) is 0.889. The molecule has 0 bridgehead atoms. The summed E-state index contributed by atoms with van der Waals surface area (Å²) >= 11 is 0. The fourth-order valence-electron chi connectivity index (χ4n) is 2.35. The third-order valence-electron chi connectivity index (χ3n) is 3.64. The van der Waals surface area contributed by atoms with E-state index in [-0.39, 0.29) is 0 Å². The molecule has 1 unspecified atom stereocenters. The first-order valence-corrected chi connectivity index (χ1v) is 6.58. The summed E-state index contributed by atoms with van der Waals surface area (Å²) in [6, 6.07) is 15.3. The zero-order valence-electron chi connectivity index (χ0n) is 12.0. The molecule has 0 heterocycles. The number of carbonyl (C=O) groups is 1. The second-order valence-corrected chi connectivity index (χ2v) is 5.18. The maximum Gasteiger partial charge on any atom is 0.333 e. The predicted molar refractivity (Wildman–Crippen MR) is 81.0 cm³/mol. The smallest absolute Gasteiger partial charge is 0.333 e. The number of hydrogen-bond acceptors (Lipinski definition) is 2. The molecule has 0 aliphatic carbocycles. The van der Waals surface area contributed by atoms with Gasteiger partial charge >= 0.3 is 5.97 Å². The molecule has 0 saturated carbocycles. The lowest BCUT2D eigenvalue weighted by atomic mass is 9.88. The van der Waals surface area contributed by atoms with Crippen LogP contribution in [0.1, 0.15) is 23.6 Å². The highest BCUT2D eigenvalue weighted by molar-refractivity contribution is 5.85. The molecule has 2 aromatic rings. The Morgan fingerprint density at radius 2 is 1.55 bits per heavy atom. The maximum absolute atomic E-state index is 11.8. The van der Waals surface area contributed by atoms with Crippen molar-refractivity contribution in [2.24, 2.45) is 0 Å². The molecule has 1 atom stereocenters. The van der Waals surface area contributed by atoms with Gasteiger partial charge in [0.05, 0.1) is 0 Å². The third-order valence-corrected chi connectivity index (χ3v) is 3.64. The van der Waals surface area contributed by atoms with Gasteiger partial charge in [-0.25, -0.2) is 4.79 Å². The number of aryl methyl sites for hydroxylation is 2. The van der Waals surface area contributed by atoms with Crippen LogP contribution in [0.2, 0.25) is 0 Å². The van der Waals surface area contributed by atoms with Crippen molar-refractivity contribution in [3.63, 3.8) is 0 Å². The molecule has 2 N–H and O–H groups in total. The molecule has 0 aromatic heterocycles. The van der Waals surface area contributed by atoms with Crippen molar-refractivity contribution in [2.75, 3.05) is 5.32 Å². The highest BCUT2D eigenvalue weighted by Crippen LogP contribution is 2.30. The number of rotatable bonds is 4. The Morgan fingerprint density at radius 1 is 1.00 bits per heavy atom. The Kier molecular flexibility index (Phi) is 3.79. The number of benzene rings is 2. The van der Waals surface area contributed by atoms with E-state index in [1.807, 2.05) is 62.4 Å². The largest absolute Gasteiger partial charge is 0.479 e. The molecule has 104 valence electrons. The SMILES string of the molecule is Cc1ccccc1NC(C)(C(=O)O)c1ccccc1C. The van der Waals surface area contributed by atoms with Crippen molar-refractivity contribution in [1.29, 1.82) is 0 Å². The first kappa shape index (κ1) is 14.1. The number of anilines is 1. The summed E-state index contributed by atoms with van der Waals surface area (Å²) in [7, 11) is 0. The van der Waals surface area contributed by atoms with Gasteiger partial charge in [-0.1, -0.05) is 42.5 Å². The number of para-hydroxylation sites is 1. The van der Waals surface area contributed by atoms with Crippen molar-refractivity contribution < 1.29 is 9.90 Å². The molecule has 0 spiro atoms. The Balaban J connectivity index is 2.49. The van der Waals surface area contributed by atoms with Crippen LogP contribution >= 0.6 is 0 Å². The summed E-state index contributed by atoms with van der Waals surface area (Å²) < 4.78 is 0. The molecule has 0 fully saturated rings. The van der Waals surface area contributed by atoms with Gasteiger partial charge in [-0.15, -0.1) is 0 Å². The van der Waals surface area contributed by atoms with E-state index in [0.29, 0.717) is 0 Å². The third kappa shape index (κ3) is 2.52. The topological polar surface area (TPSA) is 49.3 Å². The highest BCUT2D eigenvalue weighted by atomic mass is 16.4. The molecule has 0 aliphatic rings. The second-order valence-electron chi connectivity index (χ2n) is 5.18. The lowest BCUT2D eigenvalue weighted by Crippen LogP contribution is -2.41. The summed E-state index contributed by atoms with van der Waals surface area (Å²) in [4.78, 5) is 11.8. The van der Waals surface area contributed by atoms with Crippen molar-refractivity contribution in [1.82, 2.24) is 0 Å². The standard InChI is InChI=1S/C17H19NO2/c1-12-8-4-6-10-14(12)17(3,16(19)20)18-15-11-7-5-9-13(15)2/h4-11,18H,1-3H3,(H,19,20). The van der Waals surface area contributed by atoms with Gasteiger partial charge in [0.1, 0.15) is 0 Å². The van der Waals surface area contributed by atoms with Crippen LogP contribution in [0.5, 0.6) is 0 Å². The zero-order valence-corrected chi connectivity index (χ0v) is 12.0. The minimum absolute atomic E-state index is 0.774. The monoisotopic (exact) mass is 269 g/mol. The van der Waals surface area contributed by atoms with Crippen LogP contribution in [-0.4, -0.2) is 11.1 Å². The van der Waals surface area contributed by atoms with E-state index in [1.165, 1.54) is 0 Å². The number of carboxylic acids is 1. The van der Waals surface area contributed by atoms with Gasteiger partial charge in [-0.05, 0) is 43.5 Å². The maximum atomic E-state index is 11.8. The minimum atomic E-state index is -1.16. The number of nitrogens with one attached hydrogen (secondary N) is 1. The molecular weight excluding hydrogens is 250 g/mol. The van der Waals surface area contributed by atoms with Crippen molar-refractivity contribution in [3.05, 3.63) is 65.2 Å². The van der Waals surface area contributed by atoms with Crippen LogP contribution in [0, 0.1) is 13.8 Å². The normalized spacial score (nSPS) is 13.6. The Morgan fingerprint density at radius 3 is 2.10 bits per heavy atom. The molecule has 0 amide bonds. The van der Waals surface area contributed by atoms with Crippen LogP contribution in [0.15, 0.2) is 48.5 Å². The van der Waals surface area contributed by atoms with Crippen molar-refractivity contribution >= 4 is 11.7 Å². The van der Waals surface area contributed by atoms with Crippen LogP contribution in [0.3, 0.4) is 0 Å². The Bertz CT molecular complexity index is 636. The van der Waals surface area contributed by atoms with E-state index in [4.69, 9.17) is 0 Å². The van der Waals surface area contributed by atoms with Crippen molar-refractivity contribution in [3.8, 4) is 0 Å². The lowest BCUT2D eigenvalue weighted by molar-refractivity contribution is -0.142. The van der Waals surface area contributed by atoms with E-state index in [9.17, 15) is 9.90 Å². The average molecular weight is 269 g/mol. The molecule has 0 saturated heterocycles. The van der Waals surface area contributed by atoms with Crippen LogP contribution in [-0.2, 0) is 10.3 Å². The second kappa shape index (κ2) is 5.37. The summed E-state index contributed by atoms with van der Waals surface area (Å²) in [5.74, 6) is -0.893. The fraction of sp³-hybridized carbons (Fsp3) is 0.235. The molecular formula is C17H19NO2. The van der Waals surface area contributed by atoms with E-state index in [1.54, 1.807) is 6.92 Å². The van der Waals surface area contributed by atoms with Crippen LogP contribution < -0.4 is 5.32 Å². The van der Waals surface area contributed by atoms with Gasteiger partial charge in [-0.2, -0.15) is 0 Å². The highest BCUT2D eigenvalue weighted by Gasteiger charge is 2.36. The van der Waals surface area contributed by atoms with Gasteiger partial charge in [0.15, 0.2) is 5.54 Å². The first-order valence-electron chi connectivity index (χ1n) is 6.58. The van der Waals surface area contributed by atoms with E-state index >= 15 is 0 Å². The van der Waals surface area contributed by atoms with Gasteiger partial charge in [0, 0.05) is 5.69 Å². The van der Waals surface area contributed by atoms with Gasteiger partial charge < -0.3 is 10.4 Å². The average Bonchev–Trinajstić information content (AvgIpc) is 2.41. The minimum Gasteiger partial charge on any atom is -0.479 e. The number of aliphatic carboxylic acids is 1. The summed E-state index contributed by atoms with van der Waals surface area (Å²) in [5, 5.41) is 12.9. The van der Waals surface area contributed by atoms with E-state index in [2.05, 4.69) is 5.32 Å². The van der Waals surface area contributed by atoms with Crippen molar-refractivity contribution in [2.45, 2.75) is 26.3 Å². The Hall–Kier alpha value is -2.29. The van der Waals surface area contributed by atoms with Gasteiger partial charge in [-0.3, -0.25) is 0 Å². The van der Waals surface area contributed by atoms with Crippen LogP contribution in [0.25, 0.3) is 0 Å². The predicted octanol–water partition coefficient (Wildman–Crippen LogP) is 3.72. The Labute approximate surface area is 119 Å². The lowest BCUT2D eigenvalue weighted by Gasteiger charge is -2.30. The molecule has 2 rings (SSSR count). The molecule has 20 heavy (non-hydrogen) atoms. The van der Waals surface area contributed by atoms with E-state index < -0.39 is 11.5 Å². The fourth-order valence-corrected chi connectivity index (χ4v) is 2.35. The van der Waals surface area contributed by atoms with Gasteiger partial charge in [0.25, 0.3) is 0 Å². The summed E-state index contributed by atoms with van der Waals surface area (Å²) in [5.41, 5.74) is 2.43.